The first-order chi connectivity index (χ1) is 10.9. The summed E-state index contributed by atoms with van der Waals surface area (Å²) in [4.78, 5) is 14.4. The average molecular weight is 355 g/mol. The van der Waals surface area contributed by atoms with Crippen molar-refractivity contribution in [2.75, 3.05) is 27.2 Å². The van der Waals surface area contributed by atoms with Gasteiger partial charge in [-0.25, -0.2) is 0 Å². The molecule has 0 saturated heterocycles. The fraction of sp³-hybridized carbons (Fsp3) is 0.632. The van der Waals surface area contributed by atoms with Gasteiger partial charge in [-0.2, -0.15) is 0 Å². The van der Waals surface area contributed by atoms with Crippen LogP contribution in [0, 0.1) is 13.8 Å². The van der Waals surface area contributed by atoms with Crippen molar-refractivity contribution in [1.29, 1.82) is 0 Å². The molecule has 0 atom stereocenters. The van der Waals surface area contributed by atoms with E-state index in [-0.39, 0.29) is 30.5 Å². The van der Waals surface area contributed by atoms with Gasteiger partial charge in [-0.3, -0.25) is 4.79 Å². The van der Waals surface area contributed by atoms with E-state index in [4.69, 9.17) is 4.74 Å². The van der Waals surface area contributed by atoms with Gasteiger partial charge in [0.2, 0.25) is 0 Å². The van der Waals surface area contributed by atoms with E-state index in [0.29, 0.717) is 6.54 Å². The monoisotopic (exact) mass is 354 g/mol. The molecule has 136 valence electrons. The zero-order valence-corrected chi connectivity index (χ0v) is 16.2. The molecule has 24 heavy (non-hydrogen) atoms. The Morgan fingerprint density at radius 1 is 1.17 bits per heavy atom. The Hall–Kier alpha value is -1.26. The van der Waals surface area contributed by atoms with E-state index in [1.165, 1.54) is 30.4 Å². The number of ether oxygens (including phenoxy) is 1. The SMILES string of the molecule is Cc1ccc(OCC(=O)NCC2(N(C)C)CCCCC2)cc1C.Cl. The number of likely N-dealkylation sites (N-methyl/N-ethyl adjacent to an activating group) is 1. The van der Waals surface area contributed by atoms with Crippen LogP contribution in [0.4, 0.5) is 0 Å². The summed E-state index contributed by atoms with van der Waals surface area (Å²) in [7, 11) is 4.23. The summed E-state index contributed by atoms with van der Waals surface area (Å²) in [5, 5.41) is 3.07. The molecule has 1 saturated carbocycles. The summed E-state index contributed by atoms with van der Waals surface area (Å²) in [6.45, 7) is 4.89. The molecule has 0 radical (unpaired) electrons. The number of nitrogens with one attached hydrogen (secondary N) is 1. The van der Waals surface area contributed by atoms with Crippen molar-refractivity contribution >= 4 is 18.3 Å². The minimum absolute atomic E-state index is 0. The molecular weight excluding hydrogens is 324 g/mol. The lowest BCUT2D eigenvalue weighted by molar-refractivity contribution is -0.123. The van der Waals surface area contributed by atoms with Crippen molar-refractivity contribution < 1.29 is 9.53 Å². The topological polar surface area (TPSA) is 41.6 Å². The Morgan fingerprint density at radius 3 is 2.42 bits per heavy atom. The molecule has 0 aliphatic heterocycles. The maximum atomic E-state index is 12.1. The third-order valence-electron chi connectivity index (χ3n) is 5.20. The number of halogens is 1. The van der Waals surface area contributed by atoms with Crippen LogP contribution in [-0.2, 0) is 4.79 Å². The summed E-state index contributed by atoms with van der Waals surface area (Å²) < 4.78 is 5.61. The molecule has 1 fully saturated rings. The lowest BCUT2D eigenvalue weighted by Gasteiger charge is -2.43. The summed E-state index contributed by atoms with van der Waals surface area (Å²) >= 11 is 0. The maximum absolute atomic E-state index is 12.1. The highest BCUT2D eigenvalue weighted by Crippen LogP contribution is 2.31. The van der Waals surface area contributed by atoms with E-state index in [9.17, 15) is 4.79 Å². The number of carbonyl (C=O) groups is 1. The Bertz CT molecular complexity index is 540. The Morgan fingerprint density at radius 2 is 1.83 bits per heavy atom. The highest BCUT2D eigenvalue weighted by Gasteiger charge is 2.34. The van der Waals surface area contributed by atoms with Crippen molar-refractivity contribution in [2.24, 2.45) is 0 Å². The predicted molar refractivity (Wildman–Crippen MR) is 101 cm³/mol. The number of carbonyl (C=O) groups excluding carboxylic acids is 1. The first-order valence-electron chi connectivity index (χ1n) is 8.57. The van der Waals surface area contributed by atoms with Crippen LogP contribution < -0.4 is 10.1 Å². The van der Waals surface area contributed by atoms with Gasteiger partial charge in [0, 0.05) is 12.1 Å². The van der Waals surface area contributed by atoms with Crippen LogP contribution >= 0.6 is 12.4 Å². The summed E-state index contributed by atoms with van der Waals surface area (Å²) in [5.41, 5.74) is 2.51. The van der Waals surface area contributed by atoms with E-state index in [1.54, 1.807) is 0 Å². The lowest BCUT2D eigenvalue weighted by atomic mass is 9.80. The van der Waals surface area contributed by atoms with Crippen LogP contribution in [0.1, 0.15) is 43.2 Å². The number of amides is 1. The van der Waals surface area contributed by atoms with Crippen molar-refractivity contribution in [3.05, 3.63) is 29.3 Å². The number of hydrogen-bond donors (Lipinski definition) is 1. The zero-order chi connectivity index (χ0) is 16.9. The fourth-order valence-electron chi connectivity index (χ4n) is 3.26. The molecule has 5 heteroatoms. The first-order valence-corrected chi connectivity index (χ1v) is 8.57. The molecule has 2 rings (SSSR count). The van der Waals surface area contributed by atoms with Crippen molar-refractivity contribution in [1.82, 2.24) is 10.2 Å². The second kappa shape index (κ2) is 9.28. The standard InChI is InChI=1S/C19H30N2O2.ClH/c1-15-8-9-17(12-16(15)2)23-13-18(22)20-14-19(21(3)4)10-6-5-7-11-19;/h8-9,12H,5-7,10-11,13-14H2,1-4H3,(H,20,22);1H. The highest BCUT2D eigenvalue weighted by atomic mass is 35.5. The Balaban J connectivity index is 0.00000288. The second-order valence-electron chi connectivity index (χ2n) is 6.99. The molecule has 1 aliphatic rings. The van der Waals surface area contributed by atoms with Crippen LogP contribution in [0.3, 0.4) is 0 Å². The molecule has 0 unspecified atom stereocenters. The molecule has 1 aromatic carbocycles. The second-order valence-corrected chi connectivity index (χ2v) is 6.99. The molecular formula is C19H31ClN2O2. The van der Waals surface area contributed by atoms with Crippen molar-refractivity contribution in [2.45, 2.75) is 51.5 Å². The molecule has 0 bridgehead atoms. The quantitative estimate of drug-likeness (QED) is 0.850. The summed E-state index contributed by atoms with van der Waals surface area (Å²) in [5.74, 6) is 0.707. The van der Waals surface area contributed by atoms with Crippen LogP contribution in [-0.4, -0.2) is 43.6 Å². The molecule has 1 N–H and O–H groups in total. The number of benzene rings is 1. The molecule has 1 aliphatic carbocycles. The van der Waals surface area contributed by atoms with Crippen molar-refractivity contribution in [3.8, 4) is 5.75 Å². The van der Waals surface area contributed by atoms with Gasteiger partial charge in [-0.05, 0) is 64.0 Å². The number of aryl methyl sites for hydroxylation is 2. The minimum Gasteiger partial charge on any atom is -0.484 e. The average Bonchev–Trinajstić information content (AvgIpc) is 2.54. The lowest BCUT2D eigenvalue weighted by Crippen LogP contribution is -2.54. The van der Waals surface area contributed by atoms with Gasteiger partial charge in [-0.1, -0.05) is 25.3 Å². The van der Waals surface area contributed by atoms with E-state index >= 15 is 0 Å². The molecule has 1 aromatic rings. The molecule has 0 heterocycles. The maximum Gasteiger partial charge on any atom is 0.258 e. The zero-order valence-electron chi connectivity index (χ0n) is 15.4. The van der Waals surface area contributed by atoms with Crippen LogP contribution in [0.15, 0.2) is 18.2 Å². The smallest absolute Gasteiger partial charge is 0.258 e. The predicted octanol–water partition coefficient (Wildman–Crippen LogP) is 3.48. The highest BCUT2D eigenvalue weighted by molar-refractivity contribution is 5.85. The minimum atomic E-state index is -0.0463. The van der Waals surface area contributed by atoms with Gasteiger partial charge in [-0.15, -0.1) is 12.4 Å². The summed E-state index contributed by atoms with van der Waals surface area (Å²) in [6.07, 6.45) is 6.09. The first kappa shape index (κ1) is 20.8. The number of hydrogen-bond acceptors (Lipinski definition) is 3. The van der Waals surface area contributed by atoms with Gasteiger partial charge in [0.1, 0.15) is 5.75 Å². The molecule has 0 aromatic heterocycles. The third-order valence-corrected chi connectivity index (χ3v) is 5.20. The molecule has 0 spiro atoms. The number of rotatable bonds is 6. The van der Waals surface area contributed by atoms with Crippen LogP contribution in [0.25, 0.3) is 0 Å². The van der Waals surface area contributed by atoms with Gasteiger partial charge >= 0.3 is 0 Å². The van der Waals surface area contributed by atoms with Gasteiger partial charge in [0.05, 0.1) is 0 Å². The normalized spacial score (nSPS) is 16.4. The van der Waals surface area contributed by atoms with E-state index in [2.05, 4.69) is 31.2 Å². The van der Waals surface area contributed by atoms with Crippen LogP contribution in [0.2, 0.25) is 0 Å². The van der Waals surface area contributed by atoms with E-state index in [1.807, 2.05) is 25.1 Å². The Kier molecular flexibility index (Phi) is 8.04. The van der Waals surface area contributed by atoms with Crippen molar-refractivity contribution in [3.63, 3.8) is 0 Å². The largest absolute Gasteiger partial charge is 0.484 e. The molecule has 4 nitrogen and oxygen atoms in total. The number of nitrogens with zero attached hydrogens (tertiary/aromatic N) is 1. The fourth-order valence-corrected chi connectivity index (χ4v) is 3.26. The third kappa shape index (κ3) is 5.38. The van der Waals surface area contributed by atoms with Gasteiger partial charge < -0.3 is 15.0 Å². The van der Waals surface area contributed by atoms with Crippen LogP contribution in [0.5, 0.6) is 5.75 Å². The van der Waals surface area contributed by atoms with E-state index < -0.39 is 0 Å². The molecule has 1 amide bonds. The van der Waals surface area contributed by atoms with E-state index in [0.717, 1.165) is 18.6 Å². The summed E-state index contributed by atoms with van der Waals surface area (Å²) in [6, 6.07) is 5.91. The van der Waals surface area contributed by atoms with Gasteiger partial charge in [0.15, 0.2) is 6.61 Å². The Labute approximate surface area is 152 Å². The van der Waals surface area contributed by atoms with Gasteiger partial charge in [0.25, 0.3) is 5.91 Å².